The Bertz CT molecular complexity index is 1310. The minimum atomic E-state index is -0.256. The SMILES string of the molecule is CNc1ccc(C2(c3nc4ccc(C)cc4[nH]3)CC(O)C2)cc1.N#Cc1cccc(C=O)c1. The van der Waals surface area contributed by atoms with Crippen molar-refractivity contribution in [1.82, 2.24) is 9.97 Å². The van der Waals surface area contributed by atoms with Gasteiger partial charge in [-0.25, -0.2) is 4.98 Å². The quantitative estimate of drug-likeness (QED) is 0.400. The predicted octanol–water partition coefficient (Wildman–Crippen LogP) is 4.72. The molecule has 4 aromatic rings. The van der Waals surface area contributed by atoms with E-state index >= 15 is 0 Å². The Hall–Kier alpha value is -3.95. The van der Waals surface area contributed by atoms with E-state index in [-0.39, 0.29) is 11.5 Å². The topological polar surface area (TPSA) is 102 Å². The Balaban J connectivity index is 0.000000219. The van der Waals surface area contributed by atoms with Gasteiger partial charge in [0, 0.05) is 18.3 Å². The lowest BCUT2D eigenvalue weighted by Gasteiger charge is -2.44. The number of nitrogens with one attached hydrogen (secondary N) is 2. The van der Waals surface area contributed by atoms with Gasteiger partial charge in [0.2, 0.25) is 0 Å². The number of imidazole rings is 1. The van der Waals surface area contributed by atoms with Crippen molar-refractivity contribution in [3.8, 4) is 6.07 Å². The molecule has 0 radical (unpaired) electrons. The van der Waals surface area contributed by atoms with E-state index in [1.807, 2.05) is 13.1 Å². The van der Waals surface area contributed by atoms with Crippen LogP contribution in [-0.4, -0.2) is 34.5 Å². The van der Waals surface area contributed by atoms with Crippen molar-refractivity contribution in [2.45, 2.75) is 31.3 Å². The molecular weight excluding hydrogens is 412 g/mol. The molecule has 1 aliphatic carbocycles. The summed E-state index contributed by atoms with van der Waals surface area (Å²) in [6, 6.07) is 23.2. The third kappa shape index (κ3) is 4.50. The molecule has 1 heterocycles. The molecule has 1 fully saturated rings. The fourth-order valence-electron chi connectivity index (χ4n) is 4.30. The van der Waals surface area contributed by atoms with E-state index in [0.29, 0.717) is 24.0 Å². The zero-order valence-electron chi connectivity index (χ0n) is 18.7. The molecule has 0 unspecified atom stereocenters. The van der Waals surface area contributed by atoms with Crippen LogP contribution >= 0.6 is 0 Å². The van der Waals surface area contributed by atoms with Gasteiger partial charge in [0.15, 0.2) is 0 Å². The van der Waals surface area contributed by atoms with Crippen LogP contribution < -0.4 is 5.32 Å². The highest BCUT2D eigenvalue weighted by atomic mass is 16.3. The number of benzene rings is 3. The second-order valence-corrected chi connectivity index (χ2v) is 8.43. The van der Waals surface area contributed by atoms with E-state index in [4.69, 9.17) is 10.2 Å². The molecule has 0 aliphatic heterocycles. The second-order valence-electron chi connectivity index (χ2n) is 8.43. The molecule has 1 aromatic heterocycles. The summed E-state index contributed by atoms with van der Waals surface area (Å²) < 4.78 is 0. The molecule has 1 saturated carbocycles. The number of aryl methyl sites for hydroxylation is 1. The molecule has 0 amide bonds. The van der Waals surface area contributed by atoms with Gasteiger partial charge in [0.1, 0.15) is 12.1 Å². The number of aromatic nitrogens is 2. The molecule has 0 saturated heterocycles. The number of aromatic amines is 1. The minimum absolute atomic E-state index is 0.210. The van der Waals surface area contributed by atoms with Crippen molar-refractivity contribution in [1.29, 1.82) is 5.26 Å². The average Bonchev–Trinajstić information content (AvgIpc) is 3.25. The number of carbonyl (C=O) groups is 1. The summed E-state index contributed by atoms with van der Waals surface area (Å²) >= 11 is 0. The molecule has 166 valence electrons. The Morgan fingerprint density at radius 3 is 2.55 bits per heavy atom. The van der Waals surface area contributed by atoms with Crippen molar-refractivity contribution in [3.05, 3.63) is 94.8 Å². The molecule has 1 aliphatic rings. The molecule has 5 rings (SSSR count). The number of carbonyl (C=O) groups excluding carboxylic acids is 1. The van der Waals surface area contributed by atoms with E-state index < -0.39 is 0 Å². The molecule has 3 aromatic carbocycles. The first kappa shape index (κ1) is 22.3. The van der Waals surface area contributed by atoms with E-state index in [1.165, 1.54) is 11.1 Å². The predicted molar refractivity (Wildman–Crippen MR) is 129 cm³/mol. The lowest BCUT2D eigenvalue weighted by Crippen LogP contribution is -2.46. The van der Waals surface area contributed by atoms with Crippen molar-refractivity contribution in [2.75, 3.05) is 12.4 Å². The number of hydrogen-bond acceptors (Lipinski definition) is 5. The Morgan fingerprint density at radius 1 is 1.15 bits per heavy atom. The molecule has 6 nitrogen and oxygen atoms in total. The number of aldehydes is 1. The summed E-state index contributed by atoms with van der Waals surface area (Å²) in [6.07, 6.45) is 1.89. The Labute approximate surface area is 192 Å². The highest BCUT2D eigenvalue weighted by Crippen LogP contribution is 2.48. The number of rotatable bonds is 4. The number of H-pyrrole nitrogens is 1. The summed E-state index contributed by atoms with van der Waals surface area (Å²) in [5.74, 6) is 0.959. The monoisotopic (exact) mass is 438 g/mol. The third-order valence-electron chi connectivity index (χ3n) is 6.14. The van der Waals surface area contributed by atoms with E-state index in [9.17, 15) is 9.90 Å². The standard InChI is InChI=1S/C19H21N3O.C8H5NO/c1-12-3-8-16-17(9-12)22-18(21-16)19(10-15(23)11-19)13-4-6-14(20-2)7-5-13;9-5-7-2-1-3-8(4-7)6-10/h3-9,15,20,23H,10-11H2,1-2H3,(H,21,22);1-4,6H. The van der Waals surface area contributed by atoms with E-state index in [2.05, 4.69) is 59.7 Å². The highest BCUT2D eigenvalue weighted by molar-refractivity contribution is 5.76. The molecule has 3 N–H and O–H groups in total. The van der Waals surface area contributed by atoms with Crippen LogP contribution in [-0.2, 0) is 5.41 Å². The fraction of sp³-hybridized carbons (Fsp3) is 0.222. The smallest absolute Gasteiger partial charge is 0.150 e. The first-order chi connectivity index (χ1) is 16.0. The molecule has 6 heteroatoms. The zero-order valence-corrected chi connectivity index (χ0v) is 18.7. The lowest BCUT2D eigenvalue weighted by molar-refractivity contribution is 0.0341. The number of anilines is 1. The van der Waals surface area contributed by atoms with Gasteiger partial charge in [0.25, 0.3) is 0 Å². The molecule has 33 heavy (non-hydrogen) atoms. The maximum Gasteiger partial charge on any atom is 0.150 e. The van der Waals surface area contributed by atoms with E-state index in [0.717, 1.165) is 28.8 Å². The normalized spacial score (nSPS) is 19.0. The fourth-order valence-corrected chi connectivity index (χ4v) is 4.30. The average molecular weight is 439 g/mol. The van der Waals surface area contributed by atoms with Gasteiger partial charge >= 0.3 is 0 Å². The van der Waals surface area contributed by atoms with Crippen LogP contribution in [0, 0.1) is 18.3 Å². The number of hydrogen-bond donors (Lipinski definition) is 3. The van der Waals surface area contributed by atoms with Gasteiger partial charge in [-0.2, -0.15) is 5.26 Å². The Morgan fingerprint density at radius 2 is 1.91 bits per heavy atom. The summed E-state index contributed by atoms with van der Waals surface area (Å²) in [5.41, 5.74) is 6.41. The number of nitriles is 1. The summed E-state index contributed by atoms with van der Waals surface area (Å²) in [7, 11) is 1.92. The van der Waals surface area contributed by atoms with Crippen LogP contribution in [0.3, 0.4) is 0 Å². The summed E-state index contributed by atoms with van der Waals surface area (Å²) in [4.78, 5) is 18.5. The molecule has 0 spiro atoms. The number of fused-ring (bicyclic) bond motifs is 1. The molecular formula is C27H26N4O2. The molecule has 0 atom stereocenters. The maximum absolute atomic E-state index is 10.2. The van der Waals surface area contributed by atoms with Crippen LogP contribution in [0.4, 0.5) is 5.69 Å². The highest BCUT2D eigenvalue weighted by Gasteiger charge is 2.48. The van der Waals surface area contributed by atoms with Crippen molar-refractivity contribution in [3.63, 3.8) is 0 Å². The first-order valence-corrected chi connectivity index (χ1v) is 10.9. The number of aliphatic hydroxyl groups is 1. The van der Waals surface area contributed by atoms with Gasteiger partial charge in [-0.1, -0.05) is 30.3 Å². The van der Waals surface area contributed by atoms with Crippen LogP contribution in [0.25, 0.3) is 11.0 Å². The van der Waals surface area contributed by atoms with Crippen LogP contribution in [0.15, 0.2) is 66.7 Å². The summed E-state index contributed by atoms with van der Waals surface area (Å²) in [6.45, 7) is 2.08. The van der Waals surface area contributed by atoms with Crippen molar-refractivity contribution < 1.29 is 9.90 Å². The first-order valence-electron chi connectivity index (χ1n) is 10.9. The lowest BCUT2D eigenvalue weighted by atomic mass is 9.62. The third-order valence-corrected chi connectivity index (χ3v) is 6.14. The largest absolute Gasteiger partial charge is 0.393 e. The summed E-state index contributed by atoms with van der Waals surface area (Å²) in [5, 5.41) is 21.5. The van der Waals surface area contributed by atoms with Crippen molar-refractivity contribution in [2.24, 2.45) is 0 Å². The van der Waals surface area contributed by atoms with Crippen LogP contribution in [0.1, 0.15) is 45.7 Å². The maximum atomic E-state index is 10.2. The van der Waals surface area contributed by atoms with Crippen molar-refractivity contribution >= 4 is 23.0 Å². The second kappa shape index (κ2) is 9.27. The zero-order chi connectivity index (χ0) is 23.4. The minimum Gasteiger partial charge on any atom is -0.393 e. The van der Waals surface area contributed by atoms with Gasteiger partial charge in [-0.15, -0.1) is 0 Å². The van der Waals surface area contributed by atoms with Gasteiger partial charge in [0.05, 0.1) is 34.2 Å². The van der Waals surface area contributed by atoms with E-state index in [1.54, 1.807) is 24.3 Å². The number of aliphatic hydroxyl groups excluding tert-OH is 1. The molecule has 0 bridgehead atoms. The van der Waals surface area contributed by atoms with Gasteiger partial charge in [-0.05, 0) is 67.3 Å². The van der Waals surface area contributed by atoms with Gasteiger partial charge < -0.3 is 15.4 Å². The van der Waals surface area contributed by atoms with Crippen LogP contribution in [0.2, 0.25) is 0 Å². The Kier molecular flexibility index (Phi) is 6.25. The number of nitrogens with zero attached hydrogens (tertiary/aromatic N) is 2. The van der Waals surface area contributed by atoms with Crippen LogP contribution in [0.5, 0.6) is 0 Å². The van der Waals surface area contributed by atoms with Gasteiger partial charge in [-0.3, -0.25) is 4.79 Å².